The molecule has 0 aliphatic heterocycles. The van der Waals surface area contributed by atoms with E-state index in [0.717, 1.165) is 58.7 Å². The third-order valence-corrected chi connectivity index (χ3v) is 6.75. The number of aryl methyl sites for hydroxylation is 1. The molecule has 0 radical (unpaired) electrons. The van der Waals surface area contributed by atoms with Crippen LogP contribution in [0.1, 0.15) is 36.5 Å². The van der Waals surface area contributed by atoms with E-state index in [4.69, 9.17) is 9.47 Å². The normalized spacial score (nSPS) is 11.3. The smallest absolute Gasteiger partial charge is 0.184 e. The highest BCUT2D eigenvalue weighted by molar-refractivity contribution is 5.82. The molecule has 0 saturated heterocycles. The summed E-state index contributed by atoms with van der Waals surface area (Å²) in [6, 6.07) is 24.6. The van der Waals surface area contributed by atoms with Crippen molar-refractivity contribution in [2.75, 3.05) is 28.3 Å². The summed E-state index contributed by atoms with van der Waals surface area (Å²) in [4.78, 5) is 19.0. The maximum absolute atomic E-state index is 11.7. The molecule has 218 valence electrons. The fourth-order valence-corrected chi connectivity index (χ4v) is 4.47. The number of hydrogen-bond donors (Lipinski definition) is 1. The van der Waals surface area contributed by atoms with Gasteiger partial charge in [0.15, 0.2) is 17.0 Å². The lowest BCUT2D eigenvalue weighted by Gasteiger charge is -2.30. The van der Waals surface area contributed by atoms with Gasteiger partial charge in [-0.05, 0) is 47.4 Å². The minimum atomic E-state index is -1.25. The van der Waals surface area contributed by atoms with Crippen molar-refractivity contribution in [3.63, 3.8) is 0 Å². The highest BCUT2D eigenvalue weighted by Crippen LogP contribution is 2.37. The van der Waals surface area contributed by atoms with Gasteiger partial charge in [0.25, 0.3) is 0 Å². The van der Waals surface area contributed by atoms with Crippen molar-refractivity contribution in [2.24, 2.45) is 4.99 Å². The largest absolute Gasteiger partial charge is 0.497 e. The minimum Gasteiger partial charge on any atom is -0.497 e. The summed E-state index contributed by atoms with van der Waals surface area (Å²) in [6.07, 6.45) is 7.33. The molecule has 5 aromatic rings. The zero-order valence-corrected chi connectivity index (χ0v) is 24.8. The average molecular weight is 567 g/mol. The van der Waals surface area contributed by atoms with Crippen LogP contribution in [0.3, 0.4) is 0 Å². The lowest BCUT2D eigenvalue weighted by Crippen LogP contribution is -2.28. The zero-order valence-electron chi connectivity index (χ0n) is 24.8. The van der Waals surface area contributed by atoms with Crippen molar-refractivity contribution in [2.45, 2.75) is 31.9 Å². The van der Waals surface area contributed by atoms with Crippen molar-refractivity contribution in [1.29, 1.82) is 0 Å². The van der Waals surface area contributed by atoms with E-state index in [0.29, 0.717) is 5.82 Å². The molecule has 9 heteroatoms. The molecule has 1 N–H and O–H groups in total. The molecule has 0 aliphatic rings. The third-order valence-electron chi connectivity index (χ3n) is 6.75. The molecular formula is C33H38N6O3. The standard InChI is InChI=1S/C21H20O3.C12H18N6/c1-23-19-12-8-17(9-13-19)21(22,16-6-4-3-5-7-16)18-10-14-20(24-2)15-11-18;1-4-5-6-18-9-15-10-11(16-8-17(2)3)13-7-14-12(10)18/h3-15,22H,1-2H3;7-9H,4-6H2,1-3H3/b;16-8+. The summed E-state index contributed by atoms with van der Waals surface area (Å²) in [5.74, 6) is 2.12. The van der Waals surface area contributed by atoms with Gasteiger partial charge in [-0.25, -0.2) is 19.9 Å². The monoisotopic (exact) mass is 566 g/mol. The quantitative estimate of drug-likeness (QED) is 0.129. The number of benzene rings is 3. The Bertz CT molecular complexity index is 1520. The van der Waals surface area contributed by atoms with Crippen LogP contribution in [0.15, 0.2) is 96.5 Å². The average Bonchev–Trinajstić information content (AvgIpc) is 3.46. The maximum Gasteiger partial charge on any atom is 0.184 e. The molecule has 3 aromatic carbocycles. The summed E-state index contributed by atoms with van der Waals surface area (Å²) >= 11 is 0. The summed E-state index contributed by atoms with van der Waals surface area (Å²) in [5, 5.41) is 11.7. The van der Waals surface area contributed by atoms with E-state index < -0.39 is 5.60 Å². The van der Waals surface area contributed by atoms with Crippen molar-refractivity contribution in [3.8, 4) is 11.5 Å². The molecule has 9 nitrogen and oxygen atoms in total. The molecule has 0 saturated carbocycles. The molecule has 0 unspecified atom stereocenters. The van der Waals surface area contributed by atoms with Crippen LogP contribution in [-0.2, 0) is 12.1 Å². The van der Waals surface area contributed by atoms with Crippen molar-refractivity contribution in [1.82, 2.24) is 24.4 Å². The van der Waals surface area contributed by atoms with Crippen LogP contribution in [-0.4, -0.2) is 64.2 Å². The van der Waals surface area contributed by atoms with Gasteiger partial charge in [0, 0.05) is 20.6 Å². The summed E-state index contributed by atoms with van der Waals surface area (Å²) in [5.41, 5.74) is 2.72. The Labute approximate surface area is 247 Å². The van der Waals surface area contributed by atoms with E-state index in [-0.39, 0.29) is 0 Å². The minimum absolute atomic E-state index is 0.615. The SMILES string of the molecule is CCCCn1cnc2c(/N=C/N(C)C)ncnc21.COc1ccc(C(O)(c2ccccc2)c2ccc(OC)cc2)cc1. The number of ether oxygens (including phenoxy) is 2. The second-order valence-electron chi connectivity index (χ2n) is 9.90. The summed E-state index contributed by atoms with van der Waals surface area (Å²) in [7, 11) is 7.09. The number of aromatic nitrogens is 4. The number of aliphatic imine (C=N–C) groups is 1. The van der Waals surface area contributed by atoms with Crippen LogP contribution in [0, 0.1) is 0 Å². The number of rotatable bonds is 10. The van der Waals surface area contributed by atoms with Crippen LogP contribution in [0.4, 0.5) is 5.82 Å². The van der Waals surface area contributed by atoms with E-state index >= 15 is 0 Å². The fraction of sp³-hybridized carbons (Fsp3) is 0.273. The number of imidazole rings is 1. The predicted molar refractivity (Wildman–Crippen MR) is 167 cm³/mol. The van der Waals surface area contributed by atoms with E-state index in [1.54, 1.807) is 20.6 Å². The van der Waals surface area contributed by atoms with Crippen LogP contribution in [0.2, 0.25) is 0 Å². The number of aliphatic hydroxyl groups is 1. The number of nitrogens with zero attached hydrogens (tertiary/aromatic N) is 6. The Morgan fingerprint density at radius 3 is 1.93 bits per heavy atom. The number of unbranched alkanes of at least 4 members (excludes halogenated alkanes) is 1. The zero-order chi connectivity index (χ0) is 30.0. The Morgan fingerprint density at radius 2 is 1.40 bits per heavy atom. The van der Waals surface area contributed by atoms with Gasteiger partial charge in [0.05, 0.1) is 26.9 Å². The molecule has 0 atom stereocenters. The van der Waals surface area contributed by atoms with Crippen LogP contribution in [0.5, 0.6) is 11.5 Å². The second-order valence-corrected chi connectivity index (χ2v) is 9.90. The molecular weight excluding hydrogens is 528 g/mol. The highest BCUT2D eigenvalue weighted by Gasteiger charge is 2.33. The van der Waals surface area contributed by atoms with Crippen LogP contribution < -0.4 is 9.47 Å². The molecule has 2 aromatic heterocycles. The van der Waals surface area contributed by atoms with Crippen LogP contribution >= 0.6 is 0 Å². The number of fused-ring (bicyclic) bond motifs is 1. The van der Waals surface area contributed by atoms with Crippen molar-refractivity contribution >= 4 is 23.3 Å². The maximum atomic E-state index is 11.7. The van der Waals surface area contributed by atoms with Crippen LogP contribution in [0.25, 0.3) is 11.2 Å². The fourth-order valence-electron chi connectivity index (χ4n) is 4.47. The van der Waals surface area contributed by atoms with Crippen molar-refractivity contribution in [3.05, 3.63) is 108 Å². The lowest BCUT2D eigenvalue weighted by molar-refractivity contribution is 0.125. The van der Waals surface area contributed by atoms with Gasteiger partial charge in [-0.2, -0.15) is 0 Å². The Morgan fingerprint density at radius 1 is 0.833 bits per heavy atom. The second kappa shape index (κ2) is 14.2. The van der Waals surface area contributed by atoms with E-state index in [1.165, 1.54) is 6.33 Å². The first-order chi connectivity index (χ1) is 20.4. The molecule has 42 heavy (non-hydrogen) atoms. The first kappa shape index (κ1) is 30.2. The van der Waals surface area contributed by atoms with Gasteiger partial charge in [0.2, 0.25) is 0 Å². The molecule has 0 aliphatic carbocycles. The number of methoxy groups -OCH3 is 2. The van der Waals surface area contributed by atoms with E-state index in [9.17, 15) is 5.11 Å². The lowest BCUT2D eigenvalue weighted by atomic mass is 9.80. The summed E-state index contributed by atoms with van der Waals surface area (Å²) < 4.78 is 12.5. The van der Waals surface area contributed by atoms with Gasteiger partial charge >= 0.3 is 0 Å². The Kier molecular flexibility index (Phi) is 10.2. The van der Waals surface area contributed by atoms with E-state index in [1.807, 2.05) is 104 Å². The van der Waals surface area contributed by atoms with Gasteiger partial charge < -0.3 is 24.0 Å². The predicted octanol–water partition coefficient (Wildman–Crippen LogP) is 5.84. The molecule has 0 fully saturated rings. The highest BCUT2D eigenvalue weighted by atomic mass is 16.5. The molecule has 0 bridgehead atoms. The molecule has 0 amide bonds. The van der Waals surface area contributed by atoms with Crippen molar-refractivity contribution < 1.29 is 14.6 Å². The Hall–Kier alpha value is -4.76. The summed E-state index contributed by atoms with van der Waals surface area (Å²) in [6.45, 7) is 3.10. The molecule has 5 rings (SSSR count). The third kappa shape index (κ3) is 6.92. The van der Waals surface area contributed by atoms with Gasteiger partial charge in [-0.3, -0.25) is 0 Å². The van der Waals surface area contributed by atoms with Gasteiger partial charge in [-0.15, -0.1) is 0 Å². The van der Waals surface area contributed by atoms with Gasteiger partial charge in [-0.1, -0.05) is 67.9 Å². The topological polar surface area (TPSA) is 97.9 Å². The molecule has 2 heterocycles. The first-order valence-corrected chi connectivity index (χ1v) is 13.8. The molecule has 0 spiro atoms. The van der Waals surface area contributed by atoms with Gasteiger partial charge in [0.1, 0.15) is 23.4 Å². The number of hydrogen-bond acceptors (Lipinski definition) is 7. The van der Waals surface area contributed by atoms with E-state index in [2.05, 4.69) is 31.4 Å². The first-order valence-electron chi connectivity index (χ1n) is 13.8. The Balaban J connectivity index is 0.000000201.